The highest BCUT2D eigenvalue weighted by atomic mass is 16.5. The van der Waals surface area contributed by atoms with Gasteiger partial charge >= 0.3 is 6.03 Å². The maximum Gasteiger partial charge on any atom is 0.315 e. The Morgan fingerprint density at radius 2 is 1.85 bits per heavy atom. The van der Waals surface area contributed by atoms with Gasteiger partial charge in [-0.1, -0.05) is 25.1 Å². The van der Waals surface area contributed by atoms with Crippen LogP contribution in [0.25, 0.3) is 16.7 Å². The summed E-state index contributed by atoms with van der Waals surface area (Å²) < 4.78 is 7.19. The van der Waals surface area contributed by atoms with Crippen molar-refractivity contribution in [2.75, 3.05) is 19.0 Å². The fourth-order valence-electron chi connectivity index (χ4n) is 4.33. The summed E-state index contributed by atoms with van der Waals surface area (Å²) in [4.78, 5) is 21.5. The highest BCUT2D eigenvalue weighted by Gasteiger charge is 2.25. The van der Waals surface area contributed by atoms with Crippen molar-refractivity contribution < 1.29 is 9.53 Å². The number of rotatable bonds is 8. The van der Waals surface area contributed by atoms with Crippen LogP contribution in [0.2, 0.25) is 0 Å². The fraction of sp³-hybridized carbons (Fsp3) is 0.500. The van der Waals surface area contributed by atoms with E-state index in [-0.39, 0.29) is 18.1 Å². The molecule has 0 spiro atoms. The SMILES string of the molecule is CCCNC(=O)NC1CCC(Nc2nc(COC)nc3c2c(C)nn3-c2ccccc2)CC1. The summed E-state index contributed by atoms with van der Waals surface area (Å²) in [6.07, 6.45) is 4.70. The van der Waals surface area contributed by atoms with Gasteiger partial charge in [-0.3, -0.25) is 0 Å². The molecule has 0 atom stereocenters. The fourth-order valence-corrected chi connectivity index (χ4v) is 4.33. The second-order valence-electron chi connectivity index (χ2n) is 8.55. The van der Waals surface area contributed by atoms with Crippen molar-refractivity contribution in [1.29, 1.82) is 0 Å². The molecule has 0 bridgehead atoms. The zero-order chi connectivity index (χ0) is 23.2. The van der Waals surface area contributed by atoms with Crippen molar-refractivity contribution in [3.8, 4) is 5.69 Å². The lowest BCUT2D eigenvalue weighted by Crippen LogP contribution is -2.45. The first kappa shape index (κ1) is 23.0. The first-order chi connectivity index (χ1) is 16.1. The Bertz CT molecular complexity index is 1080. The van der Waals surface area contributed by atoms with Gasteiger partial charge in [0.05, 0.1) is 16.8 Å². The van der Waals surface area contributed by atoms with E-state index in [1.54, 1.807) is 7.11 Å². The van der Waals surface area contributed by atoms with E-state index >= 15 is 0 Å². The van der Waals surface area contributed by atoms with Crippen molar-refractivity contribution in [1.82, 2.24) is 30.4 Å². The molecule has 0 saturated heterocycles. The van der Waals surface area contributed by atoms with E-state index in [1.165, 1.54) is 0 Å². The molecule has 33 heavy (non-hydrogen) atoms. The Kier molecular flexibility index (Phi) is 7.39. The van der Waals surface area contributed by atoms with Crippen LogP contribution in [0.15, 0.2) is 30.3 Å². The number of methoxy groups -OCH3 is 1. The zero-order valence-corrected chi connectivity index (χ0v) is 19.6. The Hall–Kier alpha value is -3.20. The highest BCUT2D eigenvalue weighted by Crippen LogP contribution is 2.29. The van der Waals surface area contributed by atoms with Gasteiger partial charge in [0.15, 0.2) is 11.5 Å². The number of carbonyl (C=O) groups is 1. The first-order valence-electron chi connectivity index (χ1n) is 11.7. The van der Waals surface area contributed by atoms with Gasteiger partial charge in [0.25, 0.3) is 0 Å². The summed E-state index contributed by atoms with van der Waals surface area (Å²) >= 11 is 0. The average molecular weight is 452 g/mol. The number of hydrogen-bond donors (Lipinski definition) is 3. The first-order valence-corrected chi connectivity index (χ1v) is 11.7. The standard InChI is InChI=1S/C24H33N7O2/c1-4-14-25-24(32)27-18-12-10-17(11-13-18)26-22-21-16(2)30-31(19-8-6-5-7-9-19)23(21)29-20(28-22)15-33-3/h5-9,17-18H,4,10-15H2,1-3H3,(H2,25,27,32)(H,26,28,29). The van der Waals surface area contributed by atoms with Crippen LogP contribution in [0, 0.1) is 6.92 Å². The molecule has 3 N–H and O–H groups in total. The molecule has 176 valence electrons. The largest absolute Gasteiger partial charge is 0.377 e. The number of hydrogen-bond acceptors (Lipinski definition) is 6. The lowest BCUT2D eigenvalue weighted by molar-refractivity contribution is 0.178. The number of para-hydroxylation sites is 1. The Morgan fingerprint density at radius 1 is 1.12 bits per heavy atom. The molecule has 1 fully saturated rings. The van der Waals surface area contributed by atoms with Crippen LogP contribution in [0.1, 0.15) is 50.5 Å². The minimum Gasteiger partial charge on any atom is -0.377 e. The summed E-state index contributed by atoms with van der Waals surface area (Å²) in [7, 11) is 1.64. The number of amides is 2. The normalized spacial score (nSPS) is 18.3. The maximum atomic E-state index is 12.0. The third-order valence-corrected chi connectivity index (χ3v) is 5.96. The monoisotopic (exact) mass is 451 g/mol. The number of urea groups is 1. The molecule has 0 aliphatic heterocycles. The molecule has 4 rings (SSSR count). The van der Waals surface area contributed by atoms with E-state index < -0.39 is 0 Å². The van der Waals surface area contributed by atoms with Gasteiger partial charge < -0.3 is 20.7 Å². The minimum absolute atomic E-state index is 0.0704. The number of aryl methyl sites for hydroxylation is 1. The molecule has 2 heterocycles. The second kappa shape index (κ2) is 10.6. The van der Waals surface area contributed by atoms with Crippen molar-refractivity contribution in [3.05, 3.63) is 41.9 Å². The number of fused-ring (bicyclic) bond motifs is 1. The zero-order valence-electron chi connectivity index (χ0n) is 19.6. The Labute approximate surface area is 194 Å². The summed E-state index contributed by atoms with van der Waals surface area (Å²) in [6, 6.07) is 10.4. The molecule has 1 aliphatic carbocycles. The molecule has 0 radical (unpaired) electrons. The van der Waals surface area contributed by atoms with Gasteiger partial charge in [-0.2, -0.15) is 5.10 Å². The smallest absolute Gasteiger partial charge is 0.315 e. The molecule has 3 aromatic rings. The molecule has 0 unspecified atom stereocenters. The number of nitrogens with zero attached hydrogens (tertiary/aromatic N) is 4. The molecule has 1 aliphatic rings. The van der Waals surface area contributed by atoms with Crippen molar-refractivity contribution in [2.45, 2.75) is 64.6 Å². The minimum atomic E-state index is -0.0704. The van der Waals surface area contributed by atoms with Crippen molar-refractivity contribution in [2.24, 2.45) is 0 Å². The second-order valence-corrected chi connectivity index (χ2v) is 8.55. The Morgan fingerprint density at radius 3 is 2.55 bits per heavy atom. The molecule has 9 heteroatoms. The summed E-state index contributed by atoms with van der Waals surface area (Å²) in [5.41, 5.74) is 2.60. The third-order valence-electron chi connectivity index (χ3n) is 5.96. The number of benzene rings is 1. The quantitative estimate of drug-likeness (QED) is 0.482. The summed E-state index contributed by atoms with van der Waals surface area (Å²) in [6.45, 7) is 5.06. The highest BCUT2D eigenvalue weighted by molar-refractivity contribution is 5.90. The predicted octanol–water partition coefficient (Wildman–Crippen LogP) is 3.70. The van der Waals surface area contributed by atoms with Gasteiger partial charge in [0, 0.05) is 25.7 Å². The molecule has 9 nitrogen and oxygen atoms in total. The van der Waals surface area contributed by atoms with Gasteiger partial charge in [-0.25, -0.2) is 19.4 Å². The molecular formula is C24H33N7O2. The number of anilines is 1. The van der Waals surface area contributed by atoms with Crippen LogP contribution in [0.5, 0.6) is 0 Å². The number of nitrogens with one attached hydrogen (secondary N) is 3. The van der Waals surface area contributed by atoms with Crippen LogP contribution < -0.4 is 16.0 Å². The molecule has 1 aromatic carbocycles. The van der Waals surface area contributed by atoms with Crippen molar-refractivity contribution in [3.63, 3.8) is 0 Å². The van der Waals surface area contributed by atoms with Gasteiger partial charge in [0.1, 0.15) is 12.4 Å². The molecule has 1 saturated carbocycles. The average Bonchev–Trinajstić information content (AvgIpc) is 3.16. The maximum absolute atomic E-state index is 12.0. The number of aromatic nitrogens is 4. The lowest BCUT2D eigenvalue weighted by Gasteiger charge is -2.30. The number of carbonyl (C=O) groups excluding carboxylic acids is 1. The van der Waals surface area contributed by atoms with Crippen LogP contribution in [0.4, 0.5) is 10.6 Å². The topological polar surface area (TPSA) is 106 Å². The molecule has 2 amide bonds. The Balaban J connectivity index is 1.53. The van der Waals surface area contributed by atoms with Gasteiger partial charge in [-0.15, -0.1) is 0 Å². The molecule has 2 aromatic heterocycles. The van der Waals surface area contributed by atoms with Crippen LogP contribution in [-0.2, 0) is 11.3 Å². The van der Waals surface area contributed by atoms with Crippen LogP contribution >= 0.6 is 0 Å². The van der Waals surface area contributed by atoms with E-state index in [2.05, 4.69) is 16.0 Å². The van der Waals surface area contributed by atoms with Gasteiger partial charge in [0.2, 0.25) is 0 Å². The van der Waals surface area contributed by atoms with Crippen molar-refractivity contribution >= 4 is 22.9 Å². The lowest BCUT2D eigenvalue weighted by atomic mass is 9.91. The number of ether oxygens (including phenoxy) is 1. The van der Waals surface area contributed by atoms with Gasteiger partial charge in [-0.05, 0) is 51.2 Å². The van der Waals surface area contributed by atoms with E-state index in [9.17, 15) is 4.79 Å². The van der Waals surface area contributed by atoms with E-state index in [1.807, 2.05) is 48.9 Å². The summed E-state index contributed by atoms with van der Waals surface area (Å²) in [5, 5.41) is 15.3. The third kappa shape index (κ3) is 5.42. The summed E-state index contributed by atoms with van der Waals surface area (Å²) in [5.74, 6) is 1.41. The van der Waals surface area contributed by atoms with Crippen LogP contribution in [-0.4, -0.2) is 51.5 Å². The van der Waals surface area contributed by atoms with Crippen LogP contribution in [0.3, 0.4) is 0 Å². The molecular weight excluding hydrogens is 418 g/mol. The van der Waals surface area contributed by atoms with E-state index in [0.717, 1.165) is 60.3 Å². The predicted molar refractivity (Wildman–Crippen MR) is 129 cm³/mol. The van der Waals surface area contributed by atoms with E-state index in [0.29, 0.717) is 19.0 Å². The van der Waals surface area contributed by atoms with E-state index in [4.69, 9.17) is 19.8 Å².